The van der Waals surface area contributed by atoms with E-state index in [2.05, 4.69) is 4.98 Å². The SMILES string of the molecule is CC(C)N(C(=O)C(C)(C)C)c1ccc(C2(S(=O)(=O)c3ccc(Cl)cc3)CC3(CC3)C2)cn1. The second-order valence-corrected chi connectivity index (χ2v) is 13.4. The van der Waals surface area contributed by atoms with E-state index in [1.807, 2.05) is 40.7 Å². The van der Waals surface area contributed by atoms with Crippen molar-refractivity contribution in [3.63, 3.8) is 0 Å². The predicted molar refractivity (Wildman–Crippen MR) is 128 cm³/mol. The number of carbonyl (C=O) groups excluding carboxylic acids is 1. The molecule has 2 aliphatic carbocycles. The third kappa shape index (κ3) is 3.75. The van der Waals surface area contributed by atoms with E-state index in [4.69, 9.17) is 11.6 Å². The van der Waals surface area contributed by atoms with Crippen LogP contribution in [0.15, 0.2) is 47.5 Å². The quantitative estimate of drug-likeness (QED) is 0.552. The molecule has 1 spiro atoms. The zero-order valence-electron chi connectivity index (χ0n) is 19.4. The molecule has 1 aromatic heterocycles. The van der Waals surface area contributed by atoms with Gasteiger partial charge >= 0.3 is 0 Å². The fourth-order valence-corrected chi connectivity index (χ4v) is 7.34. The number of benzene rings is 1. The molecule has 2 aliphatic rings. The molecule has 1 amide bonds. The molecule has 1 heterocycles. The van der Waals surface area contributed by atoms with Crippen molar-refractivity contribution in [2.75, 3.05) is 4.90 Å². The second-order valence-electron chi connectivity index (χ2n) is 10.7. The van der Waals surface area contributed by atoms with Crippen molar-refractivity contribution in [3.8, 4) is 0 Å². The van der Waals surface area contributed by atoms with Gasteiger partial charge in [-0.3, -0.25) is 9.69 Å². The van der Waals surface area contributed by atoms with Gasteiger partial charge in [0.2, 0.25) is 5.91 Å². The van der Waals surface area contributed by atoms with Crippen molar-refractivity contribution in [2.24, 2.45) is 10.8 Å². The average molecular weight is 475 g/mol. The van der Waals surface area contributed by atoms with Crippen LogP contribution >= 0.6 is 11.6 Å². The number of aromatic nitrogens is 1. The fraction of sp³-hybridized carbons (Fsp3) is 0.520. The molecule has 2 fully saturated rings. The molecular formula is C25H31ClN2O3S. The van der Waals surface area contributed by atoms with Crippen LogP contribution in [0.25, 0.3) is 0 Å². The molecule has 4 rings (SSSR count). The number of pyridine rings is 1. The van der Waals surface area contributed by atoms with E-state index in [-0.39, 0.29) is 22.3 Å². The number of nitrogens with zero attached hydrogens (tertiary/aromatic N) is 2. The smallest absolute Gasteiger partial charge is 0.233 e. The average Bonchev–Trinajstić information content (AvgIpc) is 3.47. The van der Waals surface area contributed by atoms with Crippen LogP contribution in [-0.2, 0) is 19.4 Å². The molecule has 172 valence electrons. The van der Waals surface area contributed by atoms with Gasteiger partial charge in [0.1, 0.15) is 10.6 Å². The maximum absolute atomic E-state index is 13.8. The number of amides is 1. The molecule has 2 aromatic rings. The molecule has 5 nitrogen and oxygen atoms in total. The number of hydrogen-bond acceptors (Lipinski definition) is 4. The van der Waals surface area contributed by atoms with Crippen molar-refractivity contribution in [3.05, 3.63) is 53.2 Å². The van der Waals surface area contributed by atoms with Crippen LogP contribution in [0.3, 0.4) is 0 Å². The third-order valence-corrected chi connectivity index (χ3v) is 9.51. The summed E-state index contributed by atoms with van der Waals surface area (Å²) < 4.78 is 26.6. The summed E-state index contributed by atoms with van der Waals surface area (Å²) in [4.78, 5) is 19.6. The Kier molecular flexibility index (Phi) is 5.49. The van der Waals surface area contributed by atoms with Gasteiger partial charge in [0.05, 0.1) is 4.90 Å². The molecule has 2 saturated carbocycles. The maximum atomic E-state index is 13.8. The molecule has 0 saturated heterocycles. The molecule has 32 heavy (non-hydrogen) atoms. The molecular weight excluding hydrogens is 444 g/mol. The van der Waals surface area contributed by atoms with E-state index in [1.165, 1.54) is 0 Å². The van der Waals surface area contributed by atoms with Gasteiger partial charge in [-0.15, -0.1) is 0 Å². The Morgan fingerprint density at radius 2 is 1.66 bits per heavy atom. The van der Waals surface area contributed by atoms with Gasteiger partial charge in [0, 0.05) is 22.7 Å². The van der Waals surface area contributed by atoms with E-state index in [0.717, 1.165) is 12.8 Å². The maximum Gasteiger partial charge on any atom is 0.233 e. The summed E-state index contributed by atoms with van der Waals surface area (Å²) in [5, 5.41) is 0.508. The first-order valence-electron chi connectivity index (χ1n) is 11.1. The van der Waals surface area contributed by atoms with Crippen molar-refractivity contribution in [2.45, 2.75) is 76.0 Å². The lowest BCUT2D eigenvalue weighted by molar-refractivity contribution is -0.126. The Morgan fingerprint density at radius 3 is 2.09 bits per heavy atom. The monoisotopic (exact) mass is 474 g/mol. The zero-order valence-corrected chi connectivity index (χ0v) is 20.9. The molecule has 0 bridgehead atoms. The second kappa shape index (κ2) is 7.56. The summed E-state index contributed by atoms with van der Waals surface area (Å²) in [6.45, 7) is 9.56. The molecule has 0 atom stereocenters. The third-order valence-electron chi connectivity index (χ3n) is 6.81. The number of rotatable bonds is 5. The number of carbonyl (C=O) groups is 1. The number of halogens is 1. The van der Waals surface area contributed by atoms with Gasteiger partial charge in [-0.25, -0.2) is 13.4 Å². The lowest BCUT2D eigenvalue weighted by atomic mass is 9.68. The van der Waals surface area contributed by atoms with Gasteiger partial charge in [0.15, 0.2) is 9.84 Å². The van der Waals surface area contributed by atoms with E-state index < -0.39 is 20.0 Å². The first-order chi connectivity index (χ1) is 14.8. The highest BCUT2D eigenvalue weighted by Gasteiger charge is 2.67. The Balaban J connectivity index is 1.73. The van der Waals surface area contributed by atoms with Crippen LogP contribution in [0.1, 0.15) is 65.9 Å². The van der Waals surface area contributed by atoms with Crippen LogP contribution in [-0.4, -0.2) is 25.4 Å². The molecule has 7 heteroatoms. The standard InChI is InChI=1S/C25H31ClN2O3S/c1-17(2)28(22(29)23(3,4)5)21-11-6-18(14-27-21)25(15-24(16-25)12-13-24)32(30,31)20-9-7-19(26)8-10-20/h6-11,14,17H,12-13,15-16H2,1-5H3. The Bertz CT molecular complexity index is 1120. The highest BCUT2D eigenvalue weighted by atomic mass is 35.5. The van der Waals surface area contributed by atoms with Crippen LogP contribution in [0.2, 0.25) is 5.02 Å². The topological polar surface area (TPSA) is 67.3 Å². The normalized spacial score (nSPS) is 19.0. The minimum atomic E-state index is -3.63. The minimum Gasteiger partial charge on any atom is -0.294 e. The number of sulfone groups is 1. The highest BCUT2D eigenvalue weighted by molar-refractivity contribution is 7.92. The molecule has 0 aliphatic heterocycles. The van der Waals surface area contributed by atoms with Gasteiger partial charge in [-0.05, 0) is 80.8 Å². The lowest BCUT2D eigenvalue weighted by Crippen LogP contribution is -2.49. The van der Waals surface area contributed by atoms with E-state index in [0.29, 0.717) is 29.2 Å². The number of hydrogen-bond donors (Lipinski definition) is 0. The van der Waals surface area contributed by atoms with E-state index in [1.54, 1.807) is 41.4 Å². The molecule has 0 N–H and O–H groups in total. The summed E-state index contributed by atoms with van der Waals surface area (Å²) in [5.41, 5.74) is 0.307. The van der Waals surface area contributed by atoms with Crippen LogP contribution in [0.4, 0.5) is 5.82 Å². The summed E-state index contributed by atoms with van der Waals surface area (Å²) in [6, 6.07) is 9.97. The van der Waals surface area contributed by atoms with Crippen LogP contribution < -0.4 is 4.90 Å². The summed E-state index contributed by atoms with van der Waals surface area (Å²) >= 11 is 5.99. The summed E-state index contributed by atoms with van der Waals surface area (Å²) in [5.74, 6) is 0.528. The lowest BCUT2D eigenvalue weighted by Gasteiger charge is -2.48. The Hall–Kier alpha value is -1.92. The van der Waals surface area contributed by atoms with Crippen LogP contribution in [0.5, 0.6) is 0 Å². The summed E-state index contributed by atoms with van der Waals surface area (Å²) in [6.07, 6.45) is 5.04. The van der Waals surface area contributed by atoms with Gasteiger partial charge in [-0.2, -0.15) is 0 Å². The first-order valence-corrected chi connectivity index (χ1v) is 13.0. The van der Waals surface area contributed by atoms with E-state index in [9.17, 15) is 13.2 Å². The van der Waals surface area contributed by atoms with Gasteiger partial charge in [-0.1, -0.05) is 38.4 Å². The van der Waals surface area contributed by atoms with Crippen molar-refractivity contribution in [1.29, 1.82) is 0 Å². The van der Waals surface area contributed by atoms with Gasteiger partial charge < -0.3 is 0 Å². The Morgan fingerprint density at radius 1 is 1.06 bits per heavy atom. The van der Waals surface area contributed by atoms with Gasteiger partial charge in [0.25, 0.3) is 0 Å². The van der Waals surface area contributed by atoms with Crippen molar-refractivity contribution >= 4 is 33.2 Å². The van der Waals surface area contributed by atoms with Crippen molar-refractivity contribution < 1.29 is 13.2 Å². The van der Waals surface area contributed by atoms with Crippen molar-refractivity contribution in [1.82, 2.24) is 4.98 Å². The molecule has 0 radical (unpaired) electrons. The van der Waals surface area contributed by atoms with Crippen LogP contribution in [0, 0.1) is 10.8 Å². The molecule has 0 unspecified atom stereocenters. The largest absolute Gasteiger partial charge is 0.294 e. The predicted octanol–water partition coefficient (Wildman–Crippen LogP) is 5.77. The fourth-order valence-electron chi connectivity index (χ4n) is 4.84. The zero-order chi connectivity index (χ0) is 23.5. The highest BCUT2D eigenvalue weighted by Crippen LogP contribution is 2.71. The van der Waals surface area contributed by atoms with E-state index >= 15 is 0 Å². The first kappa shape index (κ1) is 23.2. The number of anilines is 1. The summed E-state index contributed by atoms with van der Waals surface area (Å²) in [7, 11) is -3.63. The molecule has 1 aromatic carbocycles. The Labute approximate surface area is 196 Å². The minimum absolute atomic E-state index is 0.0168.